The molecule has 0 aliphatic rings. The molecule has 20 heavy (non-hydrogen) atoms. The van der Waals surface area contributed by atoms with Crippen LogP contribution < -0.4 is 11.1 Å². The first kappa shape index (κ1) is 14.2. The molecule has 0 aliphatic heterocycles. The van der Waals surface area contributed by atoms with Crippen LogP contribution in [-0.4, -0.2) is 15.4 Å². The van der Waals surface area contributed by atoms with Crippen LogP contribution in [0.5, 0.6) is 0 Å². The van der Waals surface area contributed by atoms with Gasteiger partial charge in [0.05, 0.1) is 13.1 Å². The smallest absolute Gasteiger partial charge is 0.305 e. The highest BCUT2D eigenvalue weighted by molar-refractivity contribution is 7.98. The van der Waals surface area contributed by atoms with Crippen molar-refractivity contribution in [2.75, 3.05) is 6.26 Å². The molecule has 0 radical (unpaired) electrons. The normalized spacial score (nSPS) is 10.2. The highest BCUT2D eigenvalue weighted by Crippen LogP contribution is 2.14. The maximum Gasteiger partial charge on any atom is 0.317 e. The van der Waals surface area contributed by atoms with E-state index in [1.165, 1.54) is 9.13 Å². The lowest BCUT2D eigenvalue weighted by atomic mass is 10.2. The van der Waals surface area contributed by atoms with Crippen LogP contribution >= 0.6 is 11.8 Å². The highest BCUT2D eigenvalue weighted by atomic mass is 32.2. The Labute approximate surface area is 121 Å². The van der Waals surface area contributed by atoms with Gasteiger partial charge in [0.15, 0.2) is 0 Å². The van der Waals surface area contributed by atoms with Gasteiger partial charge in [0, 0.05) is 17.3 Å². The Hall–Kier alpha value is -2.19. The van der Waals surface area contributed by atoms with Gasteiger partial charge in [-0.1, -0.05) is 18.1 Å². The van der Waals surface area contributed by atoms with Crippen molar-refractivity contribution in [1.82, 2.24) is 9.13 Å². The minimum atomic E-state index is -0.591. The maximum absolute atomic E-state index is 11.9. The maximum atomic E-state index is 11.9. The van der Waals surface area contributed by atoms with E-state index in [1.54, 1.807) is 24.2 Å². The molecule has 1 aromatic carbocycles. The molecule has 0 bridgehead atoms. The summed E-state index contributed by atoms with van der Waals surface area (Å²) in [5.74, 6) is 2.35. The third kappa shape index (κ3) is 3.03. The number of nitrogens with zero attached hydrogens (tertiary/aromatic N) is 2. The Morgan fingerprint density at radius 3 is 2.30 bits per heavy atom. The van der Waals surface area contributed by atoms with Crippen molar-refractivity contribution in [3.63, 3.8) is 0 Å². The topological polar surface area (TPSA) is 44.0 Å². The standard InChI is InChI=1S/C15H14N2O2S/c1-3-8-16-9-10-17(15(19)14(16)18)11-12-4-6-13(20-2)7-5-12/h1,4-7,9-10H,8,11H2,2H3. The minimum Gasteiger partial charge on any atom is -0.305 e. The Kier molecular flexibility index (Phi) is 4.49. The van der Waals surface area contributed by atoms with Crippen molar-refractivity contribution in [1.29, 1.82) is 0 Å². The summed E-state index contributed by atoms with van der Waals surface area (Å²) in [4.78, 5) is 24.9. The molecule has 5 heteroatoms. The second-order valence-electron chi connectivity index (χ2n) is 4.22. The molecule has 2 rings (SSSR count). The second-order valence-corrected chi connectivity index (χ2v) is 5.10. The van der Waals surface area contributed by atoms with Crippen molar-refractivity contribution in [2.24, 2.45) is 0 Å². The largest absolute Gasteiger partial charge is 0.317 e. The van der Waals surface area contributed by atoms with Crippen LogP contribution in [0.1, 0.15) is 5.56 Å². The number of benzene rings is 1. The van der Waals surface area contributed by atoms with Crippen molar-refractivity contribution in [3.8, 4) is 12.3 Å². The van der Waals surface area contributed by atoms with E-state index in [-0.39, 0.29) is 6.54 Å². The fraction of sp³-hybridized carbons (Fsp3) is 0.200. The molecule has 1 heterocycles. The van der Waals surface area contributed by atoms with Crippen molar-refractivity contribution in [3.05, 3.63) is 62.9 Å². The Balaban J connectivity index is 2.30. The van der Waals surface area contributed by atoms with E-state index in [9.17, 15) is 9.59 Å². The fourth-order valence-corrected chi connectivity index (χ4v) is 2.23. The lowest BCUT2D eigenvalue weighted by Crippen LogP contribution is -2.40. The third-order valence-corrected chi connectivity index (χ3v) is 3.65. The molecule has 0 aliphatic carbocycles. The molecule has 0 unspecified atom stereocenters. The summed E-state index contributed by atoms with van der Waals surface area (Å²) >= 11 is 1.66. The molecular formula is C15H14N2O2S. The van der Waals surface area contributed by atoms with Crippen LogP contribution in [0.15, 0.2) is 51.1 Å². The molecular weight excluding hydrogens is 272 g/mol. The lowest BCUT2D eigenvalue weighted by molar-refractivity contribution is 0.678. The third-order valence-electron chi connectivity index (χ3n) is 2.90. The van der Waals surface area contributed by atoms with Crippen LogP contribution in [0.4, 0.5) is 0 Å². The summed E-state index contributed by atoms with van der Waals surface area (Å²) in [6, 6.07) is 7.88. The molecule has 1 aromatic heterocycles. The number of thioether (sulfide) groups is 1. The van der Waals surface area contributed by atoms with E-state index in [1.807, 2.05) is 30.5 Å². The first-order valence-corrected chi connectivity index (χ1v) is 7.24. The molecule has 102 valence electrons. The molecule has 0 saturated heterocycles. The van der Waals surface area contributed by atoms with Crippen LogP contribution in [0.25, 0.3) is 0 Å². The van der Waals surface area contributed by atoms with Gasteiger partial charge < -0.3 is 4.57 Å². The van der Waals surface area contributed by atoms with Crippen LogP contribution in [0.2, 0.25) is 0 Å². The van der Waals surface area contributed by atoms with Crippen LogP contribution in [0.3, 0.4) is 0 Å². The average Bonchev–Trinajstić information content (AvgIpc) is 2.48. The number of rotatable bonds is 4. The van der Waals surface area contributed by atoms with Gasteiger partial charge >= 0.3 is 11.1 Å². The van der Waals surface area contributed by atoms with Crippen molar-refractivity contribution < 1.29 is 0 Å². The molecule has 0 atom stereocenters. The molecule has 0 N–H and O–H groups in total. The fourth-order valence-electron chi connectivity index (χ4n) is 1.82. The first-order chi connectivity index (χ1) is 9.65. The van der Waals surface area contributed by atoms with E-state index in [2.05, 4.69) is 5.92 Å². The van der Waals surface area contributed by atoms with E-state index >= 15 is 0 Å². The number of hydrogen-bond donors (Lipinski definition) is 0. The van der Waals surface area contributed by atoms with Crippen LogP contribution in [-0.2, 0) is 13.1 Å². The van der Waals surface area contributed by atoms with Gasteiger partial charge in [-0.15, -0.1) is 18.2 Å². The molecule has 0 amide bonds. The molecule has 4 nitrogen and oxygen atoms in total. The molecule has 2 aromatic rings. The molecule has 0 fully saturated rings. The van der Waals surface area contributed by atoms with Gasteiger partial charge in [-0.05, 0) is 24.0 Å². The zero-order chi connectivity index (χ0) is 14.5. The summed E-state index contributed by atoms with van der Waals surface area (Å²) < 4.78 is 2.62. The van der Waals surface area contributed by atoms with Gasteiger partial charge in [0.25, 0.3) is 0 Å². The van der Waals surface area contributed by atoms with Crippen molar-refractivity contribution >= 4 is 11.8 Å². The monoisotopic (exact) mass is 286 g/mol. The van der Waals surface area contributed by atoms with Gasteiger partial charge in [0.2, 0.25) is 0 Å². The predicted octanol–water partition coefficient (Wildman–Crippen LogP) is 1.41. The lowest BCUT2D eigenvalue weighted by Gasteiger charge is -2.07. The van der Waals surface area contributed by atoms with E-state index in [4.69, 9.17) is 6.42 Å². The number of hydrogen-bond acceptors (Lipinski definition) is 3. The predicted molar refractivity (Wildman–Crippen MR) is 81.1 cm³/mol. The summed E-state index contributed by atoms with van der Waals surface area (Å²) in [6.45, 7) is 0.483. The van der Waals surface area contributed by atoms with Gasteiger partial charge in [0.1, 0.15) is 0 Å². The van der Waals surface area contributed by atoms with Crippen molar-refractivity contribution in [2.45, 2.75) is 18.0 Å². The average molecular weight is 286 g/mol. The minimum absolute atomic E-state index is 0.108. The van der Waals surface area contributed by atoms with Gasteiger partial charge in [-0.2, -0.15) is 0 Å². The molecule has 0 spiro atoms. The van der Waals surface area contributed by atoms with Gasteiger partial charge in [-0.25, -0.2) is 0 Å². The molecule has 0 saturated carbocycles. The van der Waals surface area contributed by atoms with Gasteiger partial charge in [-0.3, -0.25) is 14.2 Å². The summed E-state index contributed by atoms with van der Waals surface area (Å²) in [7, 11) is 0. The summed E-state index contributed by atoms with van der Waals surface area (Å²) in [5.41, 5.74) is -0.179. The first-order valence-electron chi connectivity index (χ1n) is 6.02. The zero-order valence-corrected chi connectivity index (χ0v) is 11.9. The summed E-state index contributed by atoms with van der Waals surface area (Å²) in [5, 5.41) is 0. The second kappa shape index (κ2) is 6.31. The Morgan fingerprint density at radius 1 is 1.10 bits per heavy atom. The summed E-state index contributed by atoms with van der Waals surface area (Å²) in [6.07, 6.45) is 10.3. The Bertz CT molecular complexity index is 751. The highest BCUT2D eigenvalue weighted by Gasteiger charge is 2.04. The quantitative estimate of drug-likeness (QED) is 0.485. The Morgan fingerprint density at radius 2 is 1.70 bits per heavy atom. The van der Waals surface area contributed by atoms with E-state index in [0.29, 0.717) is 6.54 Å². The van der Waals surface area contributed by atoms with Crippen LogP contribution in [0, 0.1) is 12.3 Å². The van der Waals surface area contributed by atoms with E-state index in [0.717, 1.165) is 10.5 Å². The number of terminal acetylenes is 1. The van der Waals surface area contributed by atoms with E-state index < -0.39 is 11.1 Å². The SMILES string of the molecule is C#CCn1ccn(Cc2ccc(SC)cc2)c(=O)c1=O. The number of aromatic nitrogens is 2. The zero-order valence-electron chi connectivity index (χ0n) is 11.1.